The smallest absolute Gasteiger partial charge is 0.326 e. The predicted octanol–water partition coefficient (Wildman–Crippen LogP) is -1.30. The van der Waals surface area contributed by atoms with E-state index in [0.717, 1.165) is 0 Å². The number of rotatable bonds is 14. The zero-order chi connectivity index (χ0) is 27.6. The van der Waals surface area contributed by atoms with Gasteiger partial charge in [0.25, 0.3) is 0 Å². The van der Waals surface area contributed by atoms with E-state index in [4.69, 9.17) is 10.8 Å². The number of hydrogen-bond acceptors (Lipinski definition) is 8. The second kappa shape index (κ2) is 14.0. The number of carbonyl (C=O) groups is 5. The van der Waals surface area contributed by atoms with Crippen molar-refractivity contribution in [2.75, 3.05) is 0 Å². The molecule has 0 saturated heterocycles. The zero-order valence-corrected chi connectivity index (χ0v) is 20.3. The monoisotopic (exact) mass is 510 g/mol. The first-order chi connectivity index (χ1) is 16.7. The quantitative estimate of drug-likeness (QED) is 0.147. The summed E-state index contributed by atoms with van der Waals surface area (Å²) in [5, 5.41) is 44.6. The second-order valence-corrected chi connectivity index (χ2v) is 8.76. The maximum atomic E-state index is 13.1. The summed E-state index contributed by atoms with van der Waals surface area (Å²) in [4.78, 5) is 60.5. The van der Waals surface area contributed by atoms with E-state index in [1.807, 2.05) is 0 Å². The maximum absolute atomic E-state index is 13.1. The van der Waals surface area contributed by atoms with Crippen molar-refractivity contribution in [1.29, 1.82) is 0 Å². The highest BCUT2D eigenvalue weighted by Gasteiger charge is 2.33. The first-order valence-electron chi connectivity index (χ1n) is 11.3. The molecular weight excluding hydrogens is 476 g/mol. The van der Waals surface area contributed by atoms with Crippen LogP contribution < -0.4 is 21.7 Å². The lowest BCUT2D eigenvalue weighted by Gasteiger charge is -2.27. The number of phenolic OH excluding ortho intramolecular Hbond substituents is 1. The van der Waals surface area contributed by atoms with Crippen molar-refractivity contribution in [3.05, 3.63) is 29.8 Å². The van der Waals surface area contributed by atoms with Crippen molar-refractivity contribution < 1.29 is 44.4 Å². The molecule has 0 radical (unpaired) electrons. The average Bonchev–Trinajstić information content (AvgIpc) is 2.79. The van der Waals surface area contributed by atoms with E-state index >= 15 is 0 Å². The molecule has 0 aliphatic carbocycles. The molecular formula is C23H34N4O9. The van der Waals surface area contributed by atoms with Crippen LogP contribution in [0.4, 0.5) is 0 Å². The number of hydrogen-bond donors (Lipinski definition) is 8. The van der Waals surface area contributed by atoms with Crippen LogP contribution in [-0.4, -0.2) is 80.4 Å². The molecule has 0 spiro atoms. The van der Waals surface area contributed by atoms with Crippen LogP contribution in [0.25, 0.3) is 0 Å². The number of aliphatic carboxylic acids is 2. The fraction of sp³-hybridized carbons (Fsp3) is 0.522. The molecule has 5 unspecified atom stereocenters. The Bertz CT molecular complexity index is 934. The summed E-state index contributed by atoms with van der Waals surface area (Å²) in [5.74, 6) is -5.52. The number of phenols is 1. The van der Waals surface area contributed by atoms with E-state index in [1.54, 1.807) is 13.8 Å². The third-order valence-corrected chi connectivity index (χ3v) is 5.35. The number of aromatic hydroxyl groups is 1. The number of aliphatic hydroxyl groups excluding tert-OH is 1. The minimum Gasteiger partial charge on any atom is -0.508 e. The molecule has 36 heavy (non-hydrogen) atoms. The largest absolute Gasteiger partial charge is 0.508 e. The Kier molecular flexibility index (Phi) is 11.8. The van der Waals surface area contributed by atoms with Gasteiger partial charge in [-0.3, -0.25) is 19.2 Å². The predicted molar refractivity (Wildman–Crippen MR) is 127 cm³/mol. The average molecular weight is 511 g/mol. The first-order valence-corrected chi connectivity index (χ1v) is 11.3. The Balaban J connectivity index is 3.09. The van der Waals surface area contributed by atoms with E-state index in [0.29, 0.717) is 5.56 Å². The molecule has 1 aromatic carbocycles. The summed E-state index contributed by atoms with van der Waals surface area (Å²) in [5.41, 5.74) is 6.43. The van der Waals surface area contributed by atoms with Crippen LogP contribution >= 0.6 is 0 Å². The molecule has 0 heterocycles. The van der Waals surface area contributed by atoms with Crippen LogP contribution in [0.5, 0.6) is 5.75 Å². The van der Waals surface area contributed by atoms with Crippen molar-refractivity contribution in [1.82, 2.24) is 16.0 Å². The fourth-order valence-corrected chi connectivity index (χ4v) is 3.09. The summed E-state index contributed by atoms with van der Waals surface area (Å²) in [6.45, 7) is 4.63. The summed E-state index contributed by atoms with van der Waals surface area (Å²) in [6, 6.07) is 0.504. The van der Waals surface area contributed by atoms with Gasteiger partial charge in [-0.2, -0.15) is 0 Å². The molecule has 13 nitrogen and oxygen atoms in total. The third-order valence-electron chi connectivity index (χ3n) is 5.35. The Morgan fingerprint density at radius 2 is 1.42 bits per heavy atom. The lowest BCUT2D eigenvalue weighted by Crippen LogP contribution is -2.60. The van der Waals surface area contributed by atoms with Gasteiger partial charge in [0, 0.05) is 12.8 Å². The van der Waals surface area contributed by atoms with E-state index in [-0.39, 0.29) is 18.1 Å². The van der Waals surface area contributed by atoms with Crippen molar-refractivity contribution in [3.63, 3.8) is 0 Å². The normalized spacial score (nSPS) is 15.2. The highest BCUT2D eigenvalue weighted by Crippen LogP contribution is 2.12. The van der Waals surface area contributed by atoms with Gasteiger partial charge in [0.1, 0.15) is 23.9 Å². The second-order valence-electron chi connectivity index (χ2n) is 8.76. The molecule has 0 aliphatic rings. The van der Waals surface area contributed by atoms with Gasteiger partial charge in [-0.1, -0.05) is 26.0 Å². The summed E-state index contributed by atoms with van der Waals surface area (Å²) in [7, 11) is 0. The Labute approximate surface area is 208 Å². The summed E-state index contributed by atoms with van der Waals surface area (Å²) < 4.78 is 0. The number of nitrogens with one attached hydrogen (secondary N) is 3. The van der Waals surface area contributed by atoms with Crippen LogP contribution in [-0.2, 0) is 30.4 Å². The van der Waals surface area contributed by atoms with Gasteiger partial charge < -0.3 is 42.1 Å². The maximum Gasteiger partial charge on any atom is 0.326 e. The topological polar surface area (TPSA) is 228 Å². The Morgan fingerprint density at radius 1 is 0.861 bits per heavy atom. The highest BCUT2D eigenvalue weighted by atomic mass is 16.4. The molecule has 0 bridgehead atoms. The van der Waals surface area contributed by atoms with Crippen LogP contribution in [0, 0.1) is 5.92 Å². The number of carboxylic acids is 2. The van der Waals surface area contributed by atoms with Crippen molar-refractivity contribution in [2.45, 2.75) is 70.3 Å². The molecule has 0 aliphatic heterocycles. The molecule has 3 amide bonds. The van der Waals surface area contributed by atoms with Gasteiger partial charge in [-0.25, -0.2) is 4.79 Å². The molecule has 13 heteroatoms. The minimum atomic E-state index is -1.61. The first kappa shape index (κ1) is 30.3. The van der Waals surface area contributed by atoms with E-state index < -0.39 is 72.8 Å². The number of carbonyl (C=O) groups excluding carboxylic acids is 3. The Hall–Kier alpha value is -3.71. The number of aliphatic hydroxyl groups is 1. The molecule has 200 valence electrons. The lowest BCUT2D eigenvalue weighted by molar-refractivity contribution is -0.144. The van der Waals surface area contributed by atoms with Crippen LogP contribution in [0.1, 0.15) is 39.2 Å². The van der Waals surface area contributed by atoms with Crippen molar-refractivity contribution >= 4 is 29.7 Å². The summed E-state index contributed by atoms with van der Waals surface area (Å²) >= 11 is 0. The van der Waals surface area contributed by atoms with E-state index in [1.165, 1.54) is 31.2 Å². The van der Waals surface area contributed by atoms with Gasteiger partial charge in [0.05, 0.1) is 12.1 Å². The van der Waals surface area contributed by atoms with Crippen LogP contribution in [0.2, 0.25) is 0 Å². The van der Waals surface area contributed by atoms with E-state index in [2.05, 4.69) is 16.0 Å². The van der Waals surface area contributed by atoms with Crippen LogP contribution in [0.3, 0.4) is 0 Å². The molecule has 1 rings (SSSR count). The number of amides is 3. The van der Waals surface area contributed by atoms with Gasteiger partial charge >= 0.3 is 11.9 Å². The van der Waals surface area contributed by atoms with Gasteiger partial charge in [-0.15, -0.1) is 0 Å². The zero-order valence-electron chi connectivity index (χ0n) is 20.3. The van der Waals surface area contributed by atoms with Gasteiger partial charge in [-0.05, 0) is 37.0 Å². The highest BCUT2D eigenvalue weighted by molar-refractivity contribution is 5.94. The fourth-order valence-electron chi connectivity index (χ4n) is 3.09. The van der Waals surface area contributed by atoms with Crippen molar-refractivity contribution in [2.24, 2.45) is 11.7 Å². The lowest BCUT2D eigenvalue weighted by atomic mass is 10.0. The van der Waals surface area contributed by atoms with Crippen LogP contribution in [0.15, 0.2) is 24.3 Å². The molecule has 0 saturated carbocycles. The van der Waals surface area contributed by atoms with Gasteiger partial charge in [0.15, 0.2) is 0 Å². The van der Waals surface area contributed by atoms with Crippen molar-refractivity contribution in [3.8, 4) is 5.75 Å². The molecule has 0 aromatic heterocycles. The number of benzene rings is 1. The summed E-state index contributed by atoms with van der Waals surface area (Å²) in [6.07, 6.45) is -2.46. The van der Waals surface area contributed by atoms with E-state index in [9.17, 15) is 39.3 Å². The molecule has 9 N–H and O–H groups in total. The van der Waals surface area contributed by atoms with Gasteiger partial charge in [0.2, 0.25) is 17.7 Å². The minimum absolute atomic E-state index is 0.00709. The SMILES string of the molecule is CC(C)C(N)C(=O)NC(Cc1ccc(O)cc1)C(=O)NC(C(=O)NC(CCC(=O)O)C(=O)O)C(C)O. The standard InChI is InChI=1S/C23H34N4O9/c1-11(2)18(24)21(33)26-16(10-13-4-6-14(29)7-5-13)20(32)27-19(12(3)28)22(34)25-15(23(35)36)8-9-17(30)31/h4-7,11-12,15-16,18-19,28-29H,8-10,24H2,1-3H3,(H,25,34)(H,26,33)(H,27,32)(H,30,31)(H,35,36). The number of nitrogens with two attached hydrogens (primary N) is 1. The number of carboxylic acid groups (broad SMARTS) is 2. The molecule has 1 aromatic rings. The molecule has 0 fully saturated rings. The molecule has 5 atom stereocenters. The third kappa shape index (κ3) is 9.88. The Morgan fingerprint density at radius 3 is 1.89 bits per heavy atom.